The average molecular weight is 316 g/mol. The summed E-state index contributed by atoms with van der Waals surface area (Å²) >= 11 is 0. The quantitative estimate of drug-likeness (QED) is 0.942. The molecule has 23 heavy (non-hydrogen) atoms. The van der Waals surface area contributed by atoms with E-state index in [0.717, 1.165) is 12.1 Å². The zero-order valence-electron chi connectivity index (χ0n) is 12.9. The Balaban J connectivity index is 1.69. The largest absolute Gasteiger partial charge is 0.379 e. The number of nitrogens with zero attached hydrogens (tertiary/aromatic N) is 3. The van der Waals surface area contributed by atoms with E-state index in [0.29, 0.717) is 18.0 Å². The third-order valence-corrected chi connectivity index (χ3v) is 3.73. The van der Waals surface area contributed by atoms with E-state index in [9.17, 15) is 9.18 Å². The lowest BCUT2D eigenvalue weighted by Crippen LogP contribution is -2.40. The second-order valence-corrected chi connectivity index (χ2v) is 5.55. The van der Waals surface area contributed by atoms with Crippen molar-refractivity contribution >= 4 is 17.4 Å². The molecule has 0 radical (unpaired) electrons. The molecule has 6 nitrogen and oxygen atoms in total. The van der Waals surface area contributed by atoms with Crippen molar-refractivity contribution in [3.05, 3.63) is 47.9 Å². The Hall–Kier alpha value is -2.70. The van der Waals surface area contributed by atoms with E-state index in [1.54, 1.807) is 36.0 Å². The van der Waals surface area contributed by atoms with Crippen molar-refractivity contribution in [1.29, 1.82) is 0 Å². The molecule has 7 heteroatoms. The molecule has 120 valence electrons. The van der Waals surface area contributed by atoms with Crippen molar-refractivity contribution in [3.8, 4) is 0 Å². The van der Waals surface area contributed by atoms with Crippen molar-refractivity contribution < 1.29 is 14.0 Å². The number of oxime groups is 1. The number of hydrogen-bond donors (Lipinski definition) is 1. The Kier molecular flexibility index (Phi) is 3.85. The summed E-state index contributed by atoms with van der Waals surface area (Å²) in [5.41, 5.74) is 0.236. The minimum absolute atomic E-state index is 0.305. The van der Waals surface area contributed by atoms with Gasteiger partial charge in [-0.3, -0.25) is 9.48 Å². The van der Waals surface area contributed by atoms with Crippen LogP contribution < -0.4 is 5.32 Å². The molecule has 0 saturated carbocycles. The van der Waals surface area contributed by atoms with Gasteiger partial charge in [0, 0.05) is 25.2 Å². The fraction of sp³-hybridized carbons (Fsp3) is 0.312. The van der Waals surface area contributed by atoms with E-state index in [4.69, 9.17) is 4.84 Å². The molecule has 2 aromatic rings. The van der Waals surface area contributed by atoms with E-state index >= 15 is 0 Å². The molecule has 1 N–H and O–H groups in total. The Bertz CT molecular complexity index is 754. The van der Waals surface area contributed by atoms with Crippen LogP contribution >= 0.6 is 0 Å². The van der Waals surface area contributed by atoms with Gasteiger partial charge in [0.1, 0.15) is 5.82 Å². The number of benzene rings is 1. The summed E-state index contributed by atoms with van der Waals surface area (Å²) in [6.07, 6.45) is 2.09. The molecule has 1 aliphatic rings. The molecule has 1 unspecified atom stereocenters. The van der Waals surface area contributed by atoms with E-state index in [-0.39, 0.29) is 11.7 Å². The highest BCUT2D eigenvalue weighted by Gasteiger charge is 2.42. The number of amides is 1. The van der Waals surface area contributed by atoms with Crippen LogP contribution in [-0.4, -0.2) is 27.0 Å². The maximum atomic E-state index is 13.0. The standard InChI is InChI=1S/C16H17FN4O2/c1-3-21-9-8-14(19-21)18-15(22)16(2)10-13(20-23-16)11-4-6-12(17)7-5-11/h4-9H,3,10H2,1-2H3,(H,18,19,22). The summed E-state index contributed by atoms with van der Waals surface area (Å²) < 4.78 is 14.7. The Morgan fingerprint density at radius 1 is 1.39 bits per heavy atom. The number of halogens is 1. The molecule has 0 aliphatic carbocycles. The Morgan fingerprint density at radius 2 is 2.13 bits per heavy atom. The molecule has 3 rings (SSSR count). The first kappa shape index (κ1) is 15.2. The third-order valence-electron chi connectivity index (χ3n) is 3.73. The van der Waals surface area contributed by atoms with Gasteiger partial charge in [0.25, 0.3) is 5.91 Å². The number of hydrogen-bond acceptors (Lipinski definition) is 4. The van der Waals surface area contributed by atoms with E-state index < -0.39 is 5.60 Å². The van der Waals surface area contributed by atoms with Gasteiger partial charge in [-0.1, -0.05) is 17.3 Å². The van der Waals surface area contributed by atoms with Crippen LogP contribution in [0.5, 0.6) is 0 Å². The van der Waals surface area contributed by atoms with Gasteiger partial charge in [0.05, 0.1) is 5.71 Å². The smallest absolute Gasteiger partial charge is 0.272 e. The van der Waals surface area contributed by atoms with E-state index in [2.05, 4.69) is 15.6 Å². The molecular weight excluding hydrogens is 299 g/mol. The SMILES string of the molecule is CCn1ccc(NC(=O)C2(C)CC(c3ccc(F)cc3)=NO2)n1. The first-order chi connectivity index (χ1) is 11.0. The Morgan fingerprint density at radius 3 is 2.78 bits per heavy atom. The monoisotopic (exact) mass is 316 g/mol. The zero-order chi connectivity index (χ0) is 16.4. The van der Waals surface area contributed by atoms with Crippen LogP contribution in [0.3, 0.4) is 0 Å². The first-order valence-corrected chi connectivity index (χ1v) is 7.36. The lowest BCUT2D eigenvalue weighted by molar-refractivity contribution is -0.135. The lowest BCUT2D eigenvalue weighted by atomic mass is 9.95. The number of aromatic nitrogens is 2. The fourth-order valence-electron chi connectivity index (χ4n) is 2.31. The van der Waals surface area contributed by atoms with Gasteiger partial charge in [-0.25, -0.2) is 4.39 Å². The Labute approximate surface area is 132 Å². The summed E-state index contributed by atoms with van der Waals surface area (Å²) in [6.45, 7) is 4.35. The molecule has 0 bridgehead atoms. The van der Waals surface area contributed by atoms with Crippen molar-refractivity contribution in [2.24, 2.45) is 5.16 Å². The molecule has 1 atom stereocenters. The van der Waals surface area contributed by atoms with Gasteiger partial charge in [-0.05, 0) is 31.5 Å². The van der Waals surface area contributed by atoms with Gasteiger partial charge >= 0.3 is 0 Å². The third kappa shape index (κ3) is 3.08. The minimum atomic E-state index is -1.11. The molecule has 1 aromatic carbocycles. The summed E-state index contributed by atoms with van der Waals surface area (Å²) in [6, 6.07) is 7.66. The van der Waals surface area contributed by atoms with Gasteiger partial charge in [0.2, 0.25) is 5.60 Å². The molecular formula is C16H17FN4O2. The number of rotatable bonds is 4. The fourth-order valence-corrected chi connectivity index (χ4v) is 2.31. The number of aryl methyl sites for hydroxylation is 1. The maximum absolute atomic E-state index is 13.0. The molecule has 0 fully saturated rings. The van der Waals surface area contributed by atoms with Crippen LogP contribution in [0.4, 0.5) is 10.2 Å². The van der Waals surface area contributed by atoms with Gasteiger partial charge in [0.15, 0.2) is 5.82 Å². The second-order valence-electron chi connectivity index (χ2n) is 5.55. The second kappa shape index (κ2) is 5.83. The average Bonchev–Trinajstić information content (AvgIpc) is 3.15. The van der Waals surface area contributed by atoms with Gasteiger partial charge in [-0.15, -0.1) is 0 Å². The number of carbonyl (C=O) groups is 1. The van der Waals surface area contributed by atoms with Crippen LogP contribution in [-0.2, 0) is 16.2 Å². The molecule has 1 aliphatic heterocycles. The maximum Gasteiger partial charge on any atom is 0.272 e. The summed E-state index contributed by atoms with van der Waals surface area (Å²) in [7, 11) is 0. The van der Waals surface area contributed by atoms with Crippen LogP contribution in [0.2, 0.25) is 0 Å². The highest BCUT2D eigenvalue weighted by molar-refractivity contribution is 6.07. The lowest BCUT2D eigenvalue weighted by Gasteiger charge is -2.19. The normalized spacial score (nSPS) is 20.0. The predicted molar refractivity (Wildman–Crippen MR) is 83.6 cm³/mol. The van der Waals surface area contributed by atoms with E-state index in [1.165, 1.54) is 12.1 Å². The van der Waals surface area contributed by atoms with Crippen LogP contribution in [0.15, 0.2) is 41.7 Å². The number of anilines is 1. The predicted octanol–water partition coefficient (Wildman–Crippen LogP) is 2.56. The highest BCUT2D eigenvalue weighted by Crippen LogP contribution is 2.28. The van der Waals surface area contributed by atoms with Crippen LogP contribution in [0, 0.1) is 5.82 Å². The molecule has 1 aromatic heterocycles. The van der Waals surface area contributed by atoms with Crippen LogP contribution in [0.25, 0.3) is 0 Å². The topological polar surface area (TPSA) is 68.5 Å². The number of carbonyl (C=O) groups excluding carboxylic acids is 1. The molecule has 0 spiro atoms. The van der Waals surface area contributed by atoms with E-state index in [1.807, 2.05) is 6.92 Å². The van der Waals surface area contributed by atoms with Crippen molar-refractivity contribution in [2.45, 2.75) is 32.4 Å². The summed E-state index contributed by atoms with van der Waals surface area (Å²) in [5.74, 6) is -0.170. The van der Waals surface area contributed by atoms with Gasteiger partial charge < -0.3 is 10.2 Å². The van der Waals surface area contributed by atoms with Crippen molar-refractivity contribution in [3.63, 3.8) is 0 Å². The highest BCUT2D eigenvalue weighted by atomic mass is 19.1. The first-order valence-electron chi connectivity index (χ1n) is 7.36. The minimum Gasteiger partial charge on any atom is -0.379 e. The summed E-state index contributed by atoms with van der Waals surface area (Å²) in [4.78, 5) is 17.8. The van der Waals surface area contributed by atoms with Crippen LogP contribution in [0.1, 0.15) is 25.8 Å². The number of nitrogens with one attached hydrogen (secondary N) is 1. The molecule has 2 heterocycles. The zero-order valence-corrected chi connectivity index (χ0v) is 12.9. The van der Waals surface area contributed by atoms with Gasteiger partial charge in [-0.2, -0.15) is 5.10 Å². The summed E-state index contributed by atoms with van der Waals surface area (Å²) in [5, 5.41) is 10.9. The van der Waals surface area contributed by atoms with Crippen molar-refractivity contribution in [2.75, 3.05) is 5.32 Å². The molecule has 0 saturated heterocycles. The molecule has 1 amide bonds. The van der Waals surface area contributed by atoms with Crippen molar-refractivity contribution in [1.82, 2.24) is 9.78 Å².